The molecule has 160 valence electrons. The number of aliphatic imine (C=N–C) groups is 1. The van der Waals surface area contributed by atoms with E-state index in [2.05, 4.69) is 16.8 Å². The van der Waals surface area contributed by atoms with E-state index < -0.39 is 17.2 Å². The summed E-state index contributed by atoms with van der Waals surface area (Å²) >= 11 is 5.91. The number of benzene rings is 1. The molecule has 0 aliphatic heterocycles. The lowest BCUT2D eigenvalue weighted by molar-refractivity contribution is -0.0328. The molecular weight excluding hydrogens is 444 g/mol. The molecule has 2 rings (SSSR count). The van der Waals surface area contributed by atoms with E-state index in [1.165, 1.54) is 40.0 Å². The maximum Gasteiger partial charge on any atom is 0.446 e. The maximum atomic E-state index is 13.6. The van der Waals surface area contributed by atoms with Crippen LogP contribution in [0.3, 0.4) is 0 Å². The van der Waals surface area contributed by atoms with E-state index in [9.17, 15) is 22.4 Å². The first kappa shape index (κ1) is 23.7. The number of rotatable bonds is 7. The van der Waals surface area contributed by atoms with Crippen molar-refractivity contribution in [3.05, 3.63) is 59.3 Å². The molecule has 0 spiro atoms. The summed E-state index contributed by atoms with van der Waals surface area (Å²) < 4.78 is 52.3. The largest absolute Gasteiger partial charge is 0.446 e. The van der Waals surface area contributed by atoms with Crippen LogP contribution in [0, 0.1) is 0 Å². The fourth-order valence-corrected chi connectivity index (χ4v) is 3.25. The third-order valence-corrected chi connectivity index (χ3v) is 4.77. The quantitative estimate of drug-likeness (QED) is 0.214. The molecule has 30 heavy (non-hydrogen) atoms. The number of anilines is 1. The van der Waals surface area contributed by atoms with Crippen molar-refractivity contribution in [2.45, 2.75) is 24.3 Å². The Hall–Kier alpha value is -2.59. The summed E-state index contributed by atoms with van der Waals surface area (Å²) in [6, 6.07) is 5.07. The average Bonchev–Trinajstić information content (AvgIpc) is 3.03. The summed E-state index contributed by atoms with van der Waals surface area (Å²) in [5.74, 6) is -1.11. The number of hydrogen-bond acceptors (Lipinski definition) is 4. The van der Waals surface area contributed by atoms with Gasteiger partial charge in [-0.05, 0) is 62.7 Å². The summed E-state index contributed by atoms with van der Waals surface area (Å²) in [5.41, 5.74) is -3.58. The summed E-state index contributed by atoms with van der Waals surface area (Å²) in [5, 5.41) is 4.08. The van der Waals surface area contributed by atoms with Crippen LogP contribution in [0.5, 0.6) is 0 Å². The van der Waals surface area contributed by atoms with Crippen molar-refractivity contribution in [1.29, 1.82) is 0 Å². The van der Waals surface area contributed by atoms with Gasteiger partial charge in [-0.1, -0.05) is 11.6 Å². The number of alkyl halides is 3. The predicted molar refractivity (Wildman–Crippen MR) is 112 cm³/mol. The van der Waals surface area contributed by atoms with E-state index in [1.54, 1.807) is 13.8 Å². The molecule has 0 aliphatic rings. The molecule has 0 saturated carbocycles. The molecule has 0 bridgehead atoms. The smallest absolute Gasteiger partial charge is 0.304 e. The average molecular weight is 461 g/mol. The van der Waals surface area contributed by atoms with Crippen LogP contribution in [-0.2, 0) is 0 Å². The Bertz CT molecular complexity index is 983. The van der Waals surface area contributed by atoms with Crippen LogP contribution in [0.1, 0.15) is 24.2 Å². The molecule has 1 aromatic heterocycles. The van der Waals surface area contributed by atoms with Crippen LogP contribution in [-0.4, -0.2) is 34.5 Å². The highest BCUT2D eigenvalue weighted by Gasteiger charge is 2.29. The van der Waals surface area contributed by atoms with Gasteiger partial charge in [0.2, 0.25) is 0 Å². The number of halogens is 5. The number of amides is 1. The van der Waals surface area contributed by atoms with Crippen molar-refractivity contribution in [1.82, 2.24) is 9.78 Å². The van der Waals surface area contributed by atoms with Gasteiger partial charge in [0.1, 0.15) is 11.5 Å². The minimum absolute atomic E-state index is 0.00781. The molecule has 1 heterocycles. The molecular formula is C19H17ClF4N4OS. The molecule has 1 aromatic carbocycles. The molecule has 1 amide bonds. The molecule has 5 nitrogen and oxygen atoms in total. The van der Waals surface area contributed by atoms with Gasteiger partial charge >= 0.3 is 5.51 Å². The fourth-order valence-electron chi connectivity index (χ4n) is 2.47. The fraction of sp³-hybridized carbons (Fsp3) is 0.211. The predicted octanol–water partition coefficient (Wildman–Crippen LogP) is 6.19. The third-order valence-electron chi connectivity index (χ3n) is 3.76. The zero-order chi connectivity index (χ0) is 22.5. The summed E-state index contributed by atoms with van der Waals surface area (Å²) in [6.07, 6.45) is 3.55. The number of thioether (sulfide) groups is 1. The van der Waals surface area contributed by atoms with Crippen LogP contribution < -0.4 is 4.90 Å². The van der Waals surface area contributed by atoms with Gasteiger partial charge in [0.25, 0.3) is 5.91 Å². The van der Waals surface area contributed by atoms with E-state index in [1.807, 2.05) is 0 Å². The van der Waals surface area contributed by atoms with Crippen molar-refractivity contribution < 1.29 is 22.4 Å². The van der Waals surface area contributed by atoms with Gasteiger partial charge in [-0.15, -0.1) is 0 Å². The molecule has 0 unspecified atom stereocenters. The number of allylic oxidation sites excluding steroid dienone is 3. The second-order valence-corrected chi connectivity index (χ2v) is 7.35. The number of carbonyl (C=O) groups excluding carboxylic acids is 1. The van der Waals surface area contributed by atoms with Crippen molar-refractivity contribution in [2.75, 3.05) is 11.4 Å². The first-order chi connectivity index (χ1) is 14.1. The minimum Gasteiger partial charge on any atom is -0.304 e. The summed E-state index contributed by atoms with van der Waals surface area (Å²) in [7, 11) is 0. The van der Waals surface area contributed by atoms with Crippen LogP contribution in [0.4, 0.5) is 23.2 Å². The molecule has 0 radical (unpaired) electrons. The first-order valence-electron chi connectivity index (χ1n) is 8.48. The van der Waals surface area contributed by atoms with Gasteiger partial charge in [0.05, 0.1) is 12.4 Å². The molecule has 0 atom stereocenters. The van der Waals surface area contributed by atoms with E-state index in [0.29, 0.717) is 5.70 Å². The van der Waals surface area contributed by atoms with Gasteiger partial charge in [-0.2, -0.15) is 18.3 Å². The lowest BCUT2D eigenvalue weighted by Gasteiger charge is -2.19. The second-order valence-electron chi connectivity index (χ2n) is 5.85. The minimum atomic E-state index is -4.41. The van der Waals surface area contributed by atoms with Gasteiger partial charge in [-0.3, -0.25) is 9.79 Å². The Labute approximate surface area is 179 Å². The van der Waals surface area contributed by atoms with E-state index >= 15 is 0 Å². The van der Waals surface area contributed by atoms with E-state index in [0.717, 1.165) is 12.3 Å². The van der Waals surface area contributed by atoms with Crippen LogP contribution >= 0.6 is 23.4 Å². The van der Waals surface area contributed by atoms with Gasteiger partial charge < -0.3 is 4.90 Å². The monoisotopic (exact) mass is 460 g/mol. The molecule has 0 N–H and O–H groups in total. The normalized spacial score (nSPS) is 12.8. The highest BCUT2D eigenvalue weighted by atomic mass is 35.5. The second kappa shape index (κ2) is 9.94. The van der Waals surface area contributed by atoms with Gasteiger partial charge in [-0.25, -0.2) is 9.07 Å². The lowest BCUT2D eigenvalue weighted by Crippen LogP contribution is -2.30. The molecule has 0 aliphatic carbocycles. The maximum absolute atomic E-state index is 13.6. The van der Waals surface area contributed by atoms with Crippen molar-refractivity contribution in [3.63, 3.8) is 0 Å². The SMILES string of the molecule is C=N/C=C(F)\C=C(/C)n1cc(N(CC)C(=O)c2ccc(SC(F)(F)F)cc2)c(Cl)n1. The zero-order valence-corrected chi connectivity index (χ0v) is 17.5. The number of carbonyl (C=O) groups is 1. The third kappa shape index (κ3) is 6.20. The van der Waals surface area contributed by atoms with Gasteiger partial charge in [0.15, 0.2) is 5.15 Å². The van der Waals surface area contributed by atoms with Gasteiger partial charge in [0, 0.05) is 22.7 Å². The first-order valence-corrected chi connectivity index (χ1v) is 9.68. The number of aromatic nitrogens is 2. The highest BCUT2D eigenvalue weighted by Crippen LogP contribution is 2.37. The Morgan fingerprint density at radius 1 is 1.37 bits per heavy atom. The Kier molecular flexibility index (Phi) is 7.85. The number of hydrogen-bond donors (Lipinski definition) is 0. The Balaban J connectivity index is 2.29. The molecule has 0 saturated heterocycles. The van der Waals surface area contributed by atoms with Crippen molar-refractivity contribution in [3.8, 4) is 0 Å². The zero-order valence-electron chi connectivity index (χ0n) is 16.0. The standard InChI is InChI=1S/C19H17ClF4N4OS/c1-4-27(18(29)13-5-7-15(8-6-13)30-19(22,23)24)16-11-28(26-17(16)20)12(2)9-14(21)10-25-3/h5-11H,3-4H2,1-2H3/b12-9+,14-10+. The summed E-state index contributed by atoms with van der Waals surface area (Å²) in [6.45, 7) is 6.68. The number of nitrogens with zero attached hydrogens (tertiary/aromatic N) is 4. The van der Waals surface area contributed by atoms with Crippen LogP contribution in [0.15, 0.2) is 58.5 Å². The van der Waals surface area contributed by atoms with E-state index in [-0.39, 0.29) is 39.6 Å². The Morgan fingerprint density at radius 2 is 2.00 bits per heavy atom. The Morgan fingerprint density at radius 3 is 2.53 bits per heavy atom. The van der Waals surface area contributed by atoms with Crippen LogP contribution in [0.25, 0.3) is 5.70 Å². The molecule has 11 heteroatoms. The highest BCUT2D eigenvalue weighted by molar-refractivity contribution is 8.00. The topological polar surface area (TPSA) is 50.5 Å². The van der Waals surface area contributed by atoms with Crippen molar-refractivity contribution in [2.24, 2.45) is 4.99 Å². The molecule has 0 fully saturated rings. The van der Waals surface area contributed by atoms with Crippen molar-refractivity contribution >= 4 is 47.4 Å². The molecule has 2 aromatic rings. The lowest BCUT2D eigenvalue weighted by atomic mass is 10.2. The summed E-state index contributed by atoms with van der Waals surface area (Å²) in [4.78, 5) is 17.5. The van der Waals surface area contributed by atoms with Crippen LogP contribution in [0.2, 0.25) is 5.15 Å². The van der Waals surface area contributed by atoms with E-state index in [4.69, 9.17) is 11.6 Å².